The topological polar surface area (TPSA) is 38.8 Å². The van der Waals surface area contributed by atoms with Crippen molar-refractivity contribution in [3.63, 3.8) is 0 Å². The number of hydrogen-bond donors (Lipinski definition) is 0. The van der Waals surface area contributed by atoms with Crippen LogP contribution in [0.1, 0.15) is 51.9 Å². The second kappa shape index (κ2) is 8.21. The first kappa shape index (κ1) is 18.8. The van der Waals surface area contributed by atoms with Gasteiger partial charge in [0, 0.05) is 36.3 Å². The third kappa shape index (κ3) is 4.00. The third-order valence-corrected chi connectivity index (χ3v) is 10.2. The van der Waals surface area contributed by atoms with E-state index in [9.17, 15) is 4.79 Å². The van der Waals surface area contributed by atoms with E-state index in [0.29, 0.717) is 12.3 Å². The van der Waals surface area contributed by atoms with Crippen LogP contribution in [0.3, 0.4) is 0 Å². The van der Waals surface area contributed by atoms with Gasteiger partial charge in [-0.2, -0.15) is 0 Å². The molecular formula is C18H29NO3S3. The molecule has 5 rings (SSSR count). The Hall–Kier alpha value is 0.440. The highest BCUT2D eigenvalue weighted by Crippen LogP contribution is 2.50. The van der Waals surface area contributed by atoms with Crippen LogP contribution in [-0.4, -0.2) is 58.0 Å². The SMILES string of the molecule is C[C@@H]1O[C@]2(CS1)C1CCN(CC1)C2OC(=O)CCCC[C@@H]1CCSS1. The van der Waals surface area contributed by atoms with Crippen molar-refractivity contribution in [3.8, 4) is 0 Å². The Morgan fingerprint density at radius 2 is 2.12 bits per heavy atom. The number of esters is 1. The Labute approximate surface area is 163 Å². The molecule has 0 saturated carbocycles. The maximum Gasteiger partial charge on any atom is 0.307 e. The van der Waals surface area contributed by atoms with Gasteiger partial charge in [0.25, 0.3) is 0 Å². The predicted octanol–water partition coefficient (Wildman–Crippen LogP) is 4.14. The zero-order valence-electron chi connectivity index (χ0n) is 15.0. The zero-order chi connectivity index (χ0) is 17.3. The van der Waals surface area contributed by atoms with Crippen LogP contribution in [0.2, 0.25) is 0 Å². The van der Waals surface area contributed by atoms with Crippen LogP contribution in [0.15, 0.2) is 0 Å². The number of fused-ring (bicyclic) bond motifs is 2. The summed E-state index contributed by atoms with van der Waals surface area (Å²) in [4.78, 5) is 14.8. The fourth-order valence-corrected chi connectivity index (χ4v) is 8.88. The highest BCUT2D eigenvalue weighted by Gasteiger charge is 2.60. The number of carbonyl (C=O) groups is 1. The minimum Gasteiger partial charge on any atom is -0.443 e. The summed E-state index contributed by atoms with van der Waals surface area (Å²) in [5.74, 6) is 2.77. The quantitative estimate of drug-likeness (QED) is 0.375. The molecule has 5 saturated heterocycles. The van der Waals surface area contributed by atoms with Gasteiger partial charge in [-0.25, -0.2) is 0 Å². The minimum atomic E-state index is -0.256. The maximum atomic E-state index is 12.5. The highest BCUT2D eigenvalue weighted by atomic mass is 33.1. The molecule has 0 N–H and O–H groups in total. The Kier molecular flexibility index (Phi) is 6.17. The van der Waals surface area contributed by atoms with Crippen LogP contribution in [-0.2, 0) is 14.3 Å². The highest BCUT2D eigenvalue weighted by molar-refractivity contribution is 8.77. The molecule has 5 fully saturated rings. The molecule has 7 heteroatoms. The molecule has 0 amide bonds. The molecule has 0 aromatic carbocycles. The molecule has 0 aromatic rings. The van der Waals surface area contributed by atoms with Crippen molar-refractivity contribution in [2.45, 2.75) is 74.4 Å². The molecule has 4 atom stereocenters. The zero-order valence-corrected chi connectivity index (χ0v) is 17.4. The van der Waals surface area contributed by atoms with E-state index in [0.717, 1.165) is 36.9 Å². The molecule has 25 heavy (non-hydrogen) atoms. The monoisotopic (exact) mass is 403 g/mol. The molecule has 1 unspecified atom stereocenters. The number of rotatable bonds is 6. The molecule has 2 bridgehead atoms. The molecule has 0 radical (unpaired) electrons. The van der Waals surface area contributed by atoms with Crippen LogP contribution in [0.5, 0.6) is 0 Å². The summed E-state index contributed by atoms with van der Waals surface area (Å²) in [6.45, 7) is 4.21. The smallest absolute Gasteiger partial charge is 0.307 e. The largest absolute Gasteiger partial charge is 0.443 e. The van der Waals surface area contributed by atoms with E-state index < -0.39 is 0 Å². The molecule has 5 heterocycles. The molecule has 5 aliphatic rings. The Morgan fingerprint density at radius 1 is 1.28 bits per heavy atom. The van der Waals surface area contributed by atoms with Crippen LogP contribution in [0, 0.1) is 5.92 Å². The Bertz CT molecular complexity index is 480. The van der Waals surface area contributed by atoms with Crippen LogP contribution in [0.4, 0.5) is 0 Å². The third-order valence-electron chi connectivity index (χ3n) is 6.03. The number of nitrogens with zero attached hydrogens (tertiary/aromatic N) is 1. The first-order chi connectivity index (χ1) is 12.2. The number of thioether (sulfide) groups is 1. The van der Waals surface area contributed by atoms with E-state index >= 15 is 0 Å². The lowest BCUT2D eigenvalue weighted by molar-refractivity contribution is -0.250. The van der Waals surface area contributed by atoms with Gasteiger partial charge in [0.1, 0.15) is 11.0 Å². The van der Waals surface area contributed by atoms with Gasteiger partial charge in [0.2, 0.25) is 0 Å². The average molecular weight is 404 g/mol. The predicted molar refractivity (Wildman–Crippen MR) is 107 cm³/mol. The van der Waals surface area contributed by atoms with Gasteiger partial charge in [0.05, 0.1) is 0 Å². The number of unbranched alkanes of at least 4 members (excludes halogenated alkanes) is 1. The molecule has 4 nitrogen and oxygen atoms in total. The summed E-state index contributed by atoms with van der Waals surface area (Å²) >= 11 is 1.86. The van der Waals surface area contributed by atoms with Crippen molar-refractivity contribution >= 4 is 39.3 Å². The van der Waals surface area contributed by atoms with Gasteiger partial charge in [-0.3, -0.25) is 9.69 Å². The molecule has 142 valence electrons. The van der Waals surface area contributed by atoms with E-state index in [1.165, 1.54) is 31.4 Å². The molecule has 5 aliphatic heterocycles. The number of piperidine rings is 3. The average Bonchev–Trinajstić information content (AvgIpc) is 3.26. The number of carbonyl (C=O) groups excluding carboxylic acids is 1. The molecule has 0 aliphatic carbocycles. The lowest BCUT2D eigenvalue weighted by Gasteiger charge is -2.55. The molecule has 1 spiro atoms. The summed E-state index contributed by atoms with van der Waals surface area (Å²) in [5.41, 5.74) is -0.0444. The number of ether oxygens (including phenoxy) is 2. The van der Waals surface area contributed by atoms with Gasteiger partial charge in [0.15, 0.2) is 6.23 Å². The first-order valence-corrected chi connectivity index (χ1v) is 13.1. The minimum absolute atomic E-state index is 0.0291. The summed E-state index contributed by atoms with van der Waals surface area (Å²) < 4.78 is 12.4. The van der Waals surface area contributed by atoms with Crippen LogP contribution in [0.25, 0.3) is 0 Å². The van der Waals surface area contributed by atoms with E-state index in [1.807, 2.05) is 33.3 Å². The second-order valence-electron chi connectivity index (χ2n) is 7.68. The van der Waals surface area contributed by atoms with Crippen molar-refractivity contribution in [3.05, 3.63) is 0 Å². The first-order valence-electron chi connectivity index (χ1n) is 9.68. The normalized spacial score (nSPS) is 43.0. The lowest BCUT2D eigenvalue weighted by atomic mass is 9.74. The fourth-order valence-electron chi connectivity index (χ4n) is 4.67. The molecular weight excluding hydrogens is 374 g/mol. The van der Waals surface area contributed by atoms with Gasteiger partial charge in [-0.05, 0) is 44.9 Å². The lowest BCUT2D eigenvalue weighted by Crippen LogP contribution is -2.68. The van der Waals surface area contributed by atoms with Gasteiger partial charge in [-0.15, -0.1) is 11.8 Å². The van der Waals surface area contributed by atoms with Crippen molar-refractivity contribution < 1.29 is 14.3 Å². The van der Waals surface area contributed by atoms with E-state index in [2.05, 4.69) is 11.8 Å². The van der Waals surface area contributed by atoms with Gasteiger partial charge < -0.3 is 9.47 Å². The van der Waals surface area contributed by atoms with Crippen molar-refractivity contribution in [2.75, 3.05) is 24.6 Å². The standard InChI is InChI=1S/C18H29NO3S3/c1-13-22-18(12-23-13)14-6-9-19(10-7-14)17(18)21-16(20)5-3-2-4-15-8-11-24-25-15/h13-15,17H,2-12H2,1H3/t13-,15-,17?,18-/m1/s1. The second-order valence-corrected chi connectivity index (χ2v) is 11.8. The summed E-state index contributed by atoms with van der Waals surface area (Å²) in [6.07, 6.45) is 7.41. The number of hydrogen-bond acceptors (Lipinski definition) is 7. The maximum absolute atomic E-state index is 12.5. The summed E-state index contributed by atoms with van der Waals surface area (Å²) in [5, 5.41) is 0.801. The Morgan fingerprint density at radius 3 is 2.80 bits per heavy atom. The van der Waals surface area contributed by atoms with E-state index in [-0.39, 0.29) is 23.2 Å². The van der Waals surface area contributed by atoms with Gasteiger partial charge >= 0.3 is 5.97 Å². The fraction of sp³-hybridized carbons (Fsp3) is 0.944. The van der Waals surface area contributed by atoms with Crippen LogP contribution >= 0.6 is 33.3 Å². The van der Waals surface area contributed by atoms with E-state index in [1.54, 1.807) is 0 Å². The van der Waals surface area contributed by atoms with Crippen molar-refractivity contribution in [2.24, 2.45) is 5.92 Å². The Balaban J connectivity index is 1.28. The summed E-state index contributed by atoms with van der Waals surface area (Å²) in [6, 6.07) is 0. The summed E-state index contributed by atoms with van der Waals surface area (Å²) in [7, 11) is 4.02. The molecule has 0 aromatic heterocycles. The van der Waals surface area contributed by atoms with Crippen molar-refractivity contribution in [1.29, 1.82) is 0 Å². The van der Waals surface area contributed by atoms with Crippen molar-refractivity contribution in [1.82, 2.24) is 4.90 Å². The van der Waals surface area contributed by atoms with E-state index in [4.69, 9.17) is 9.47 Å². The van der Waals surface area contributed by atoms with Gasteiger partial charge in [-0.1, -0.05) is 28.0 Å². The van der Waals surface area contributed by atoms with Crippen LogP contribution < -0.4 is 0 Å².